The number of alkyl halides is 5. The maximum absolute atomic E-state index is 17.6. The molecule has 1 N–H and O–H groups in total. The fourth-order valence-electron chi connectivity index (χ4n) is 7.60. The summed E-state index contributed by atoms with van der Waals surface area (Å²) in [5.74, 6) is -5.34. The van der Waals surface area contributed by atoms with Crippen LogP contribution < -0.4 is 0 Å². The molecule has 0 aromatic carbocycles. The molecule has 4 aliphatic carbocycles. The molecule has 40 heavy (non-hydrogen) atoms. The second kappa shape index (κ2) is 11.0. The molecule has 3 fully saturated rings. The second-order valence-electron chi connectivity index (χ2n) is 11.3. The predicted octanol–water partition coefficient (Wildman–Crippen LogP) is 4.72. The van der Waals surface area contributed by atoms with Crippen molar-refractivity contribution in [3.05, 3.63) is 23.8 Å². The van der Waals surface area contributed by atoms with Gasteiger partial charge in [0.1, 0.15) is 0 Å². The number of carbonyl (C=O) groups excluding carboxylic acids is 4. The fraction of sp³-hybridized carbons (Fsp3) is 0.704. The van der Waals surface area contributed by atoms with Gasteiger partial charge in [-0.15, -0.1) is 0 Å². The van der Waals surface area contributed by atoms with Gasteiger partial charge in [0.05, 0.1) is 12.7 Å². The molecule has 0 unspecified atom stereocenters. The SMILES string of the molecule is CCCOC(=O)[C@@]1(OC(=O)C(Cl)Cl)[C@H](OC(=O)C(Cl)Cl)C[C@H]2[C@@H]3CCC4=CC(=O)C=C[C@]4(C)[C@@]3(F)[C@@H](O)C[C@@]21C. The molecular formula is C27H31Cl4FO8. The zero-order chi connectivity index (χ0) is 29.8. The van der Waals surface area contributed by atoms with E-state index in [0.29, 0.717) is 18.4 Å². The summed E-state index contributed by atoms with van der Waals surface area (Å²) in [5, 5.41) is 11.6. The Bertz CT molecular complexity index is 1160. The normalized spacial score (nSPS) is 40.2. The molecule has 3 saturated carbocycles. The Balaban J connectivity index is 1.90. The number of fused-ring (bicyclic) bond motifs is 5. The topological polar surface area (TPSA) is 116 Å². The third-order valence-electron chi connectivity index (χ3n) is 9.42. The van der Waals surface area contributed by atoms with E-state index in [1.807, 2.05) is 0 Å². The van der Waals surface area contributed by atoms with Crippen molar-refractivity contribution >= 4 is 70.1 Å². The monoisotopic (exact) mass is 642 g/mol. The van der Waals surface area contributed by atoms with Crippen LogP contribution in [0.2, 0.25) is 0 Å². The smallest absolute Gasteiger partial charge is 0.355 e. The van der Waals surface area contributed by atoms with Crippen molar-refractivity contribution in [2.24, 2.45) is 22.7 Å². The molecule has 13 heteroatoms. The Morgan fingerprint density at radius 1 is 1.12 bits per heavy atom. The van der Waals surface area contributed by atoms with Crippen LogP contribution in [0.1, 0.15) is 52.9 Å². The number of esters is 3. The van der Waals surface area contributed by atoms with E-state index in [2.05, 4.69) is 0 Å². The molecular weight excluding hydrogens is 613 g/mol. The average molecular weight is 644 g/mol. The van der Waals surface area contributed by atoms with Gasteiger partial charge >= 0.3 is 17.9 Å². The van der Waals surface area contributed by atoms with E-state index in [4.69, 9.17) is 60.6 Å². The number of hydrogen-bond donors (Lipinski definition) is 1. The maximum atomic E-state index is 17.6. The van der Waals surface area contributed by atoms with Gasteiger partial charge in [-0.1, -0.05) is 71.9 Å². The molecule has 4 rings (SSSR count). The second-order valence-corrected chi connectivity index (χ2v) is 13.5. The quantitative estimate of drug-likeness (QED) is 0.241. The van der Waals surface area contributed by atoms with Crippen molar-refractivity contribution < 1.29 is 42.9 Å². The van der Waals surface area contributed by atoms with Gasteiger partial charge in [0, 0.05) is 16.7 Å². The lowest BCUT2D eigenvalue weighted by Crippen LogP contribution is -2.70. The van der Waals surface area contributed by atoms with Gasteiger partial charge in [0.2, 0.25) is 9.67 Å². The summed E-state index contributed by atoms with van der Waals surface area (Å²) >= 11 is 23.1. The number of carbonyl (C=O) groups is 4. The highest BCUT2D eigenvalue weighted by atomic mass is 35.5. The van der Waals surface area contributed by atoms with Crippen LogP contribution >= 0.6 is 46.4 Å². The molecule has 0 aliphatic heterocycles. The van der Waals surface area contributed by atoms with Crippen LogP contribution in [0.15, 0.2) is 23.8 Å². The third kappa shape index (κ3) is 4.50. The third-order valence-corrected chi connectivity index (χ3v) is 10.1. The van der Waals surface area contributed by atoms with Crippen molar-refractivity contribution in [2.75, 3.05) is 6.61 Å². The van der Waals surface area contributed by atoms with Crippen LogP contribution in [0, 0.1) is 22.7 Å². The van der Waals surface area contributed by atoms with Crippen LogP contribution in [0.4, 0.5) is 4.39 Å². The summed E-state index contributed by atoms with van der Waals surface area (Å²) in [6, 6.07) is 0. The van der Waals surface area contributed by atoms with E-state index in [1.165, 1.54) is 18.2 Å². The van der Waals surface area contributed by atoms with Gasteiger partial charge in [-0.05, 0) is 57.1 Å². The first-order chi connectivity index (χ1) is 18.6. The minimum absolute atomic E-state index is 0.0670. The van der Waals surface area contributed by atoms with Crippen molar-refractivity contribution in [3.63, 3.8) is 0 Å². The molecule has 8 atom stereocenters. The molecule has 0 bridgehead atoms. The van der Waals surface area contributed by atoms with Crippen LogP contribution in [-0.2, 0) is 33.4 Å². The van der Waals surface area contributed by atoms with Crippen molar-refractivity contribution in [3.8, 4) is 0 Å². The van der Waals surface area contributed by atoms with Crippen LogP contribution in [-0.4, -0.2) is 68.6 Å². The lowest BCUT2D eigenvalue weighted by atomic mass is 9.45. The lowest BCUT2D eigenvalue weighted by molar-refractivity contribution is -0.241. The minimum Gasteiger partial charge on any atom is -0.463 e. The number of aliphatic hydroxyl groups excluding tert-OH is 1. The van der Waals surface area contributed by atoms with Crippen LogP contribution in [0.25, 0.3) is 0 Å². The van der Waals surface area contributed by atoms with E-state index in [-0.39, 0.29) is 25.2 Å². The Hall–Kier alpha value is -1.39. The van der Waals surface area contributed by atoms with E-state index >= 15 is 4.39 Å². The molecule has 0 spiro atoms. The zero-order valence-electron chi connectivity index (χ0n) is 22.1. The largest absolute Gasteiger partial charge is 0.463 e. The summed E-state index contributed by atoms with van der Waals surface area (Å²) < 4.78 is 34.4. The molecule has 0 amide bonds. The van der Waals surface area contributed by atoms with Gasteiger partial charge in [-0.25, -0.2) is 18.8 Å². The van der Waals surface area contributed by atoms with E-state index in [9.17, 15) is 24.3 Å². The summed E-state index contributed by atoms with van der Waals surface area (Å²) in [5.41, 5.74) is -6.91. The van der Waals surface area contributed by atoms with E-state index < -0.39 is 80.1 Å². The molecule has 0 radical (unpaired) electrons. The molecule has 0 aromatic heterocycles. The molecule has 0 aromatic rings. The number of ketones is 1. The fourth-order valence-corrected chi connectivity index (χ4v) is 7.79. The van der Waals surface area contributed by atoms with E-state index in [0.717, 1.165) is 0 Å². The summed E-state index contributed by atoms with van der Waals surface area (Å²) in [4.78, 5) is 48.2. The number of hydrogen-bond acceptors (Lipinski definition) is 8. The first kappa shape index (κ1) is 31.5. The van der Waals surface area contributed by atoms with Gasteiger partial charge in [-0.3, -0.25) is 4.79 Å². The van der Waals surface area contributed by atoms with Crippen molar-refractivity contribution in [1.29, 1.82) is 0 Å². The summed E-state index contributed by atoms with van der Waals surface area (Å²) in [7, 11) is 0. The Morgan fingerprint density at radius 3 is 2.38 bits per heavy atom. The zero-order valence-corrected chi connectivity index (χ0v) is 25.2. The minimum atomic E-state index is -2.36. The molecule has 4 aliphatic rings. The van der Waals surface area contributed by atoms with Gasteiger partial charge in [-0.2, -0.15) is 0 Å². The lowest BCUT2D eigenvalue weighted by Gasteiger charge is -2.62. The van der Waals surface area contributed by atoms with Crippen molar-refractivity contribution in [1.82, 2.24) is 0 Å². The molecule has 222 valence electrons. The number of allylic oxidation sites excluding steroid dienone is 4. The van der Waals surface area contributed by atoms with Gasteiger partial charge in [0.25, 0.3) is 5.60 Å². The van der Waals surface area contributed by atoms with Crippen molar-refractivity contribution in [2.45, 2.75) is 86.0 Å². The average Bonchev–Trinajstić information content (AvgIpc) is 3.11. The summed E-state index contributed by atoms with van der Waals surface area (Å²) in [6.07, 6.45) is 1.38. The van der Waals surface area contributed by atoms with Crippen LogP contribution in [0.5, 0.6) is 0 Å². The first-order valence-electron chi connectivity index (χ1n) is 13.1. The summed E-state index contributed by atoms with van der Waals surface area (Å²) in [6.45, 7) is 4.88. The number of ether oxygens (including phenoxy) is 3. The first-order valence-corrected chi connectivity index (χ1v) is 14.8. The van der Waals surface area contributed by atoms with Crippen LogP contribution in [0.3, 0.4) is 0 Å². The highest BCUT2D eigenvalue weighted by Gasteiger charge is 2.80. The molecule has 0 heterocycles. The molecule has 8 nitrogen and oxygen atoms in total. The van der Waals surface area contributed by atoms with E-state index in [1.54, 1.807) is 20.8 Å². The number of halogens is 5. The number of aliphatic hydroxyl groups is 1. The van der Waals surface area contributed by atoms with Gasteiger partial charge < -0.3 is 19.3 Å². The number of rotatable bonds is 7. The highest BCUT2D eigenvalue weighted by Crippen LogP contribution is 2.70. The maximum Gasteiger partial charge on any atom is 0.355 e. The predicted molar refractivity (Wildman–Crippen MR) is 145 cm³/mol. The Kier molecular flexibility index (Phi) is 8.70. The Morgan fingerprint density at radius 2 is 1.77 bits per heavy atom. The van der Waals surface area contributed by atoms with Gasteiger partial charge in [0.15, 0.2) is 17.6 Å². The molecule has 0 saturated heterocycles. The standard InChI is InChI=1S/C27H31Cl4FO8/c1-4-9-38-23(37)27(40-22(36)20(30)31)18(39-21(35)19(28)29)11-16-15-6-5-13-10-14(33)7-8-24(13,2)26(15,32)17(34)12-25(16,27)3/h7-8,10,15-20,34H,4-6,9,11-12H2,1-3H3/t15-,16-,17-,18+,24-,25-,26-,27-/m0/s1. The Labute approximate surface area is 251 Å². The highest BCUT2D eigenvalue weighted by molar-refractivity contribution is 6.53.